The number of anilines is 1. The molecule has 0 spiro atoms. The van der Waals surface area contributed by atoms with E-state index in [-0.39, 0.29) is 11.3 Å². The minimum absolute atomic E-state index is 0.122. The lowest BCUT2D eigenvalue weighted by molar-refractivity contribution is -0.111. The number of carbonyl (C=O) groups is 1. The van der Waals surface area contributed by atoms with Gasteiger partial charge in [0.25, 0.3) is 0 Å². The Bertz CT molecular complexity index is 696. The molecule has 0 aromatic heterocycles. The maximum absolute atomic E-state index is 12.0. The van der Waals surface area contributed by atoms with Gasteiger partial charge in [-0.25, -0.2) is 0 Å². The molecule has 0 bridgehead atoms. The van der Waals surface area contributed by atoms with Gasteiger partial charge in [-0.3, -0.25) is 4.79 Å². The summed E-state index contributed by atoms with van der Waals surface area (Å²) in [5.74, 6) is -0.122. The van der Waals surface area contributed by atoms with Gasteiger partial charge in [-0.2, -0.15) is 0 Å². The quantitative estimate of drug-likeness (QED) is 0.606. The Morgan fingerprint density at radius 1 is 1.09 bits per heavy atom. The second kappa shape index (κ2) is 7.51. The van der Waals surface area contributed by atoms with E-state index in [4.69, 9.17) is 0 Å². The zero-order chi connectivity index (χ0) is 16.9. The molecule has 0 radical (unpaired) electrons. The molecule has 120 valence electrons. The van der Waals surface area contributed by atoms with Gasteiger partial charge in [-0.15, -0.1) is 11.8 Å². The molecule has 2 aromatic rings. The van der Waals surface area contributed by atoms with E-state index in [1.807, 2.05) is 48.7 Å². The van der Waals surface area contributed by atoms with Crippen LogP contribution >= 0.6 is 11.8 Å². The zero-order valence-corrected chi connectivity index (χ0v) is 14.9. The highest BCUT2D eigenvalue weighted by molar-refractivity contribution is 7.98. The Kier molecular flexibility index (Phi) is 5.67. The molecule has 23 heavy (non-hydrogen) atoms. The van der Waals surface area contributed by atoms with Crippen LogP contribution in [0.1, 0.15) is 31.9 Å². The Hall–Kier alpha value is -2.00. The highest BCUT2D eigenvalue weighted by atomic mass is 32.2. The van der Waals surface area contributed by atoms with E-state index in [1.54, 1.807) is 17.8 Å². The van der Waals surface area contributed by atoms with Crippen LogP contribution in [0.25, 0.3) is 6.08 Å². The van der Waals surface area contributed by atoms with Crippen molar-refractivity contribution >= 4 is 29.4 Å². The van der Waals surface area contributed by atoms with Gasteiger partial charge in [0, 0.05) is 16.7 Å². The van der Waals surface area contributed by atoms with Crippen LogP contribution in [0.3, 0.4) is 0 Å². The number of amides is 1. The molecule has 3 heteroatoms. The molecule has 0 saturated heterocycles. The van der Waals surface area contributed by atoms with Gasteiger partial charge in [0.15, 0.2) is 0 Å². The fraction of sp³-hybridized carbons (Fsp3) is 0.250. The molecular weight excluding hydrogens is 302 g/mol. The summed E-state index contributed by atoms with van der Waals surface area (Å²) in [6.45, 7) is 6.57. The van der Waals surface area contributed by atoms with Crippen molar-refractivity contribution in [2.24, 2.45) is 0 Å². The van der Waals surface area contributed by atoms with Gasteiger partial charge < -0.3 is 5.32 Å². The molecule has 0 fully saturated rings. The third kappa shape index (κ3) is 5.29. The molecule has 0 atom stereocenters. The SMILES string of the molecule is CSc1cccc(NC(=O)C=Cc2ccc(C(C)(C)C)cc2)c1. The molecule has 0 unspecified atom stereocenters. The Balaban J connectivity index is 2.00. The van der Waals surface area contributed by atoms with E-state index in [2.05, 4.69) is 38.2 Å². The summed E-state index contributed by atoms with van der Waals surface area (Å²) in [5.41, 5.74) is 3.26. The first kappa shape index (κ1) is 17.4. The van der Waals surface area contributed by atoms with Crippen molar-refractivity contribution in [3.8, 4) is 0 Å². The molecule has 1 N–H and O–H groups in total. The molecule has 0 aliphatic carbocycles. The average molecular weight is 325 g/mol. The Morgan fingerprint density at radius 3 is 2.39 bits per heavy atom. The van der Waals surface area contributed by atoms with Gasteiger partial charge in [-0.1, -0.05) is 51.1 Å². The van der Waals surface area contributed by atoms with E-state index in [0.717, 1.165) is 16.1 Å². The van der Waals surface area contributed by atoms with Crippen molar-refractivity contribution < 1.29 is 4.79 Å². The van der Waals surface area contributed by atoms with Crippen molar-refractivity contribution in [1.82, 2.24) is 0 Å². The van der Waals surface area contributed by atoms with Gasteiger partial charge in [0.1, 0.15) is 0 Å². The number of nitrogens with one attached hydrogen (secondary N) is 1. The van der Waals surface area contributed by atoms with Crippen molar-refractivity contribution in [2.75, 3.05) is 11.6 Å². The van der Waals surface area contributed by atoms with Crippen molar-refractivity contribution in [2.45, 2.75) is 31.1 Å². The van der Waals surface area contributed by atoms with E-state index >= 15 is 0 Å². The van der Waals surface area contributed by atoms with Crippen molar-refractivity contribution in [1.29, 1.82) is 0 Å². The summed E-state index contributed by atoms with van der Waals surface area (Å²) in [4.78, 5) is 13.1. The second-order valence-electron chi connectivity index (χ2n) is 6.43. The zero-order valence-electron chi connectivity index (χ0n) is 14.1. The van der Waals surface area contributed by atoms with E-state index in [1.165, 1.54) is 5.56 Å². The Morgan fingerprint density at radius 2 is 1.78 bits per heavy atom. The van der Waals surface area contributed by atoms with E-state index < -0.39 is 0 Å². The summed E-state index contributed by atoms with van der Waals surface area (Å²) < 4.78 is 0. The molecule has 2 aromatic carbocycles. The topological polar surface area (TPSA) is 29.1 Å². The predicted octanol–water partition coefficient (Wildman–Crippen LogP) is 5.36. The maximum Gasteiger partial charge on any atom is 0.248 e. The lowest BCUT2D eigenvalue weighted by Gasteiger charge is -2.18. The number of benzene rings is 2. The number of thioether (sulfide) groups is 1. The lowest BCUT2D eigenvalue weighted by Crippen LogP contribution is -2.10. The maximum atomic E-state index is 12.0. The van der Waals surface area contributed by atoms with Gasteiger partial charge in [-0.05, 0) is 47.1 Å². The number of carbonyl (C=O) groups excluding carboxylic acids is 1. The normalized spacial score (nSPS) is 11.7. The summed E-state index contributed by atoms with van der Waals surface area (Å²) >= 11 is 1.65. The highest BCUT2D eigenvalue weighted by Crippen LogP contribution is 2.22. The first-order chi connectivity index (χ1) is 10.9. The minimum Gasteiger partial charge on any atom is -0.322 e. The third-order valence-corrected chi connectivity index (χ3v) is 4.27. The monoisotopic (exact) mass is 325 g/mol. The van der Waals surface area contributed by atoms with Crippen LogP contribution in [0.15, 0.2) is 59.5 Å². The molecule has 1 amide bonds. The van der Waals surface area contributed by atoms with E-state index in [9.17, 15) is 4.79 Å². The largest absolute Gasteiger partial charge is 0.322 e. The first-order valence-electron chi connectivity index (χ1n) is 7.62. The van der Waals surface area contributed by atoms with Crippen LogP contribution in [0.2, 0.25) is 0 Å². The number of hydrogen-bond acceptors (Lipinski definition) is 2. The van der Waals surface area contributed by atoms with Crippen LogP contribution in [0.5, 0.6) is 0 Å². The van der Waals surface area contributed by atoms with Crippen LogP contribution < -0.4 is 5.32 Å². The summed E-state index contributed by atoms with van der Waals surface area (Å²) in [5, 5.41) is 2.88. The molecule has 2 rings (SSSR count). The molecule has 0 aliphatic heterocycles. The second-order valence-corrected chi connectivity index (χ2v) is 7.31. The van der Waals surface area contributed by atoms with Gasteiger partial charge >= 0.3 is 0 Å². The van der Waals surface area contributed by atoms with Crippen molar-refractivity contribution in [3.63, 3.8) is 0 Å². The summed E-state index contributed by atoms with van der Waals surface area (Å²) in [6.07, 6.45) is 5.42. The number of hydrogen-bond donors (Lipinski definition) is 1. The molecule has 0 aliphatic rings. The van der Waals surface area contributed by atoms with Crippen LogP contribution in [0.4, 0.5) is 5.69 Å². The summed E-state index contributed by atoms with van der Waals surface area (Å²) in [6, 6.07) is 16.1. The smallest absolute Gasteiger partial charge is 0.248 e. The van der Waals surface area contributed by atoms with Gasteiger partial charge in [0.2, 0.25) is 5.91 Å². The number of rotatable bonds is 4. The minimum atomic E-state index is -0.122. The van der Waals surface area contributed by atoms with Gasteiger partial charge in [0.05, 0.1) is 0 Å². The third-order valence-electron chi connectivity index (χ3n) is 3.54. The fourth-order valence-electron chi connectivity index (χ4n) is 2.15. The van der Waals surface area contributed by atoms with Crippen LogP contribution in [-0.2, 0) is 10.2 Å². The molecule has 0 heterocycles. The average Bonchev–Trinajstić information content (AvgIpc) is 2.52. The van der Waals surface area contributed by atoms with Crippen LogP contribution in [0, 0.1) is 0 Å². The van der Waals surface area contributed by atoms with E-state index in [0.29, 0.717) is 0 Å². The standard InChI is InChI=1S/C20H23NOS/c1-20(2,3)16-11-8-15(9-12-16)10-13-19(22)21-17-6-5-7-18(14-17)23-4/h5-14H,1-4H3,(H,21,22). The highest BCUT2D eigenvalue weighted by Gasteiger charge is 2.12. The fourth-order valence-corrected chi connectivity index (χ4v) is 2.61. The Labute approximate surface area is 143 Å². The molecule has 0 saturated carbocycles. The molecule has 2 nitrogen and oxygen atoms in total. The molecular formula is C20H23NOS. The van der Waals surface area contributed by atoms with Crippen LogP contribution in [-0.4, -0.2) is 12.2 Å². The van der Waals surface area contributed by atoms with Crippen molar-refractivity contribution in [3.05, 3.63) is 65.7 Å². The predicted molar refractivity (Wildman–Crippen MR) is 101 cm³/mol. The first-order valence-corrected chi connectivity index (χ1v) is 8.84. The summed E-state index contributed by atoms with van der Waals surface area (Å²) in [7, 11) is 0. The lowest BCUT2D eigenvalue weighted by atomic mass is 9.87.